The minimum atomic E-state index is -3.98. The number of halogens is 2. The van der Waals surface area contributed by atoms with Crippen LogP contribution >= 0.6 is 27.5 Å². The van der Waals surface area contributed by atoms with Crippen molar-refractivity contribution in [2.45, 2.75) is 18.7 Å². The number of amides is 1. The second-order valence-corrected chi connectivity index (χ2v) is 9.50. The molecule has 0 heterocycles. The lowest BCUT2D eigenvalue weighted by molar-refractivity contribution is 0.102. The van der Waals surface area contributed by atoms with Gasteiger partial charge in [-0.3, -0.25) is 9.52 Å². The minimum absolute atomic E-state index is 0.0301. The van der Waals surface area contributed by atoms with E-state index in [1.807, 2.05) is 26.0 Å². The van der Waals surface area contributed by atoms with E-state index in [1.54, 1.807) is 30.3 Å². The highest BCUT2D eigenvalue weighted by molar-refractivity contribution is 9.10. The van der Waals surface area contributed by atoms with Crippen LogP contribution in [0.4, 0.5) is 11.4 Å². The third kappa shape index (κ3) is 5.18. The molecule has 5 nitrogen and oxygen atoms in total. The van der Waals surface area contributed by atoms with E-state index in [9.17, 15) is 13.2 Å². The van der Waals surface area contributed by atoms with Gasteiger partial charge < -0.3 is 5.32 Å². The van der Waals surface area contributed by atoms with Gasteiger partial charge in [0.05, 0.1) is 10.7 Å². The van der Waals surface area contributed by atoms with Crippen molar-refractivity contribution in [3.05, 3.63) is 86.8 Å². The van der Waals surface area contributed by atoms with E-state index in [2.05, 4.69) is 26.0 Å². The molecule has 0 saturated carbocycles. The Labute approximate surface area is 183 Å². The van der Waals surface area contributed by atoms with Crippen LogP contribution < -0.4 is 10.0 Å². The molecule has 8 heteroatoms. The summed E-state index contributed by atoms with van der Waals surface area (Å²) in [5, 5.41) is 2.76. The maximum Gasteiger partial charge on any atom is 0.263 e. The highest BCUT2D eigenvalue weighted by Gasteiger charge is 2.21. The Bertz CT molecular complexity index is 1180. The molecule has 0 unspecified atom stereocenters. The van der Waals surface area contributed by atoms with Crippen LogP contribution in [-0.2, 0) is 10.0 Å². The Morgan fingerprint density at radius 1 is 0.966 bits per heavy atom. The van der Waals surface area contributed by atoms with Gasteiger partial charge in [-0.2, -0.15) is 0 Å². The van der Waals surface area contributed by atoms with Gasteiger partial charge >= 0.3 is 0 Å². The van der Waals surface area contributed by atoms with E-state index in [1.165, 1.54) is 18.2 Å². The summed E-state index contributed by atoms with van der Waals surface area (Å²) >= 11 is 9.47. The first-order chi connectivity index (χ1) is 13.7. The number of benzene rings is 3. The first kappa shape index (κ1) is 21.4. The van der Waals surface area contributed by atoms with Gasteiger partial charge in [-0.15, -0.1) is 0 Å². The van der Waals surface area contributed by atoms with Crippen molar-refractivity contribution < 1.29 is 13.2 Å². The molecule has 0 radical (unpaired) electrons. The van der Waals surface area contributed by atoms with E-state index in [-0.39, 0.29) is 15.5 Å². The highest BCUT2D eigenvalue weighted by atomic mass is 79.9. The molecule has 1 amide bonds. The number of rotatable bonds is 5. The van der Waals surface area contributed by atoms with Crippen LogP contribution in [0, 0.1) is 13.8 Å². The Balaban J connectivity index is 1.89. The molecular formula is C21H18BrClN2O3S. The van der Waals surface area contributed by atoms with Crippen molar-refractivity contribution >= 4 is 54.8 Å². The van der Waals surface area contributed by atoms with Gasteiger partial charge in [0.25, 0.3) is 15.9 Å². The lowest BCUT2D eigenvalue weighted by Crippen LogP contribution is -2.17. The summed E-state index contributed by atoms with van der Waals surface area (Å²) in [7, 11) is -3.98. The molecule has 0 bridgehead atoms. The van der Waals surface area contributed by atoms with Gasteiger partial charge in [0.2, 0.25) is 0 Å². The number of nitrogens with one attached hydrogen (secondary N) is 2. The third-order valence-corrected chi connectivity index (χ3v) is 6.59. The van der Waals surface area contributed by atoms with E-state index in [0.717, 1.165) is 15.6 Å². The molecule has 0 fully saturated rings. The lowest BCUT2D eigenvalue weighted by atomic mass is 10.1. The van der Waals surface area contributed by atoms with Crippen molar-refractivity contribution in [3.63, 3.8) is 0 Å². The average Bonchev–Trinajstić information content (AvgIpc) is 2.66. The maximum atomic E-state index is 12.9. The first-order valence-electron chi connectivity index (χ1n) is 8.62. The zero-order chi connectivity index (χ0) is 21.2. The van der Waals surface area contributed by atoms with E-state index >= 15 is 0 Å². The number of aryl methyl sites for hydroxylation is 2. The van der Waals surface area contributed by atoms with Crippen molar-refractivity contribution in [1.82, 2.24) is 0 Å². The molecule has 0 aliphatic heterocycles. The fourth-order valence-electron chi connectivity index (χ4n) is 2.71. The van der Waals surface area contributed by atoms with Gasteiger partial charge in [-0.05, 0) is 67.9 Å². The van der Waals surface area contributed by atoms with E-state index in [4.69, 9.17) is 11.6 Å². The van der Waals surface area contributed by atoms with Gasteiger partial charge in [0.1, 0.15) is 4.90 Å². The molecule has 150 valence electrons. The summed E-state index contributed by atoms with van der Waals surface area (Å²) in [4.78, 5) is 12.4. The first-order valence-corrected chi connectivity index (χ1v) is 11.3. The van der Waals surface area contributed by atoms with Gasteiger partial charge in [-0.25, -0.2) is 8.42 Å². The van der Waals surface area contributed by atoms with Gasteiger partial charge in [-0.1, -0.05) is 45.2 Å². The molecule has 0 saturated heterocycles. The molecule has 29 heavy (non-hydrogen) atoms. The van der Waals surface area contributed by atoms with Crippen LogP contribution in [0.2, 0.25) is 5.02 Å². The van der Waals surface area contributed by atoms with Crippen molar-refractivity contribution in [1.29, 1.82) is 0 Å². The number of hydrogen-bond acceptors (Lipinski definition) is 3. The topological polar surface area (TPSA) is 75.3 Å². The second kappa shape index (κ2) is 8.57. The molecule has 0 aliphatic rings. The SMILES string of the molecule is Cc1ccc(NS(=O)(=O)c2cc(C(=O)Nc3ccc(Br)cc3)ccc2Cl)c(C)c1. The second-order valence-electron chi connectivity index (χ2n) is 6.53. The molecule has 0 aromatic heterocycles. The fraction of sp³-hybridized carbons (Fsp3) is 0.0952. The number of anilines is 2. The number of hydrogen-bond donors (Lipinski definition) is 2. The molecule has 3 aromatic rings. The van der Waals surface area contributed by atoms with Crippen molar-refractivity contribution in [2.24, 2.45) is 0 Å². The van der Waals surface area contributed by atoms with E-state index in [0.29, 0.717) is 11.4 Å². The third-order valence-electron chi connectivity index (χ3n) is 4.21. The Kier molecular flexibility index (Phi) is 6.31. The van der Waals surface area contributed by atoms with Crippen LogP contribution in [0.15, 0.2) is 70.0 Å². The molecule has 2 N–H and O–H groups in total. The molecule has 3 aromatic carbocycles. The average molecular weight is 494 g/mol. The molecule has 0 aliphatic carbocycles. The van der Waals surface area contributed by atoms with Crippen LogP contribution in [-0.4, -0.2) is 14.3 Å². The number of carbonyl (C=O) groups excluding carboxylic acids is 1. The molecular weight excluding hydrogens is 476 g/mol. The van der Waals surface area contributed by atoms with E-state index < -0.39 is 15.9 Å². The largest absolute Gasteiger partial charge is 0.322 e. The molecule has 3 rings (SSSR count). The summed E-state index contributed by atoms with van der Waals surface area (Å²) in [5.74, 6) is -0.438. The highest BCUT2D eigenvalue weighted by Crippen LogP contribution is 2.27. The summed E-state index contributed by atoms with van der Waals surface area (Å²) in [6.07, 6.45) is 0. The lowest BCUT2D eigenvalue weighted by Gasteiger charge is -2.13. The molecule has 0 spiro atoms. The smallest absolute Gasteiger partial charge is 0.263 e. The minimum Gasteiger partial charge on any atom is -0.322 e. The molecule has 0 atom stereocenters. The predicted octanol–water partition coefficient (Wildman–Crippen LogP) is 5.77. The van der Waals surface area contributed by atoms with Crippen LogP contribution in [0.5, 0.6) is 0 Å². The fourth-order valence-corrected chi connectivity index (χ4v) is 4.64. The Morgan fingerprint density at radius 2 is 1.66 bits per heavy atom. The normalized spacial score (nSPS) is 11.2. The summed E-state index contributed by atoms with van der Waals surface area (Å²) in [6.45, 7) is 3.74. The summed E-state index contributed by atoms with van der Waals surface area (Å²) < 4.78 is 29.2. The van der Waals surface area contributed by atoms with Crippen LogP contribution in [0.1, 0.15) is 21.5 Å². The number of carbonyl (C=O) groups is 1. The summed E-state index contributed by atoms with van der Waals surface area (Å²) in [5.41, 5.74) is 3.03. The summed E-state index contributed by atoms with van der Waals surface area (Å²) in [6, 6.07) is 16.6. The Hall–Kier alpha value is -2.35. The number of sulfonamides is 1. The van der Waals surface area contributed by atoms with Crippen molar-refractivity contribution in [2.75, 3.05) is 10.0 Å². The quantitative estimate of drug-likeness (QED) is 0.473. The van der Waals surface area contributed by atoms with Crippen LogP contribution in [0.25, 0.3) is 0 Å². The zero-order valence-corrected chi connectivity index (χ0v) is 18.8. The maximum absolute atomic E-state index is 12.9. The monoisotopic (exact) mass is 492 g/mol. The van der Waals surface area contributed by atoms with Crippen molar-refractivity contribution in [3.8, 4) is 0 Å². The van der Waals surface area contributed by atoms with Gasteiger partial charge in [0, 0.05) is 15.7 Å². The zero-order valence-electron chi connectivity index (χ0n) is 15.7. The predicted molar refractivity (Wildman–Crippen MR) is 120 cm³/mol. The van der Waals surface area contributed by atoms with Crippen LogP contribution in [0.3, 0.4) is 0 Å². The Morgan fingerprint density at radius 3 is 2.31 bits per heavy atom. The van der Waals surface area contributed by atoms with Gasteiger partial charge in [0.15, 0.2) is 0 Å². The standard InChI is InChI=1S/C21H18BrClN2O3S/c1-13-3-10-19(14(2)11-13)25-29(27,28)20-12-15(4-9-18(20)23)21(26)24-17-7-5-16(22)6-8-17/h3-12,25H,1-2H3,(H,24,26).